The summed E-state index contributed by atoms with van der Waals surface area (Å²) in [6.07, 6.45) is 0.134. The third-order valence-electron chi connectivity index (χ3n) is 3.52. The lowest BCUT2D eigenvalue weighted by Gasteiger charge is -2.33. The molecule has 0 fully saturated rings. The number of carbonyl (C=O) groups is 1. The Labute approximate surface area is 145 Å². The van der Waals surface area contributed by atoms with Crippen LogP contribution in [0.2, 0.25) is 5.02 Å². The number of fused-ring (bicyclic) bond motifs is 1. The van der Waals surface area contributed by atoms with Crippen molar-refractivity contribution in [1.29, 1.82) is 0 Å². The van der Waals surface area contributed by atoms with Crippen LogP contribution >= 0.6 is 11.6 Å². The van der Waals surface area contributed by atoms with Gasteiger partial charge in [-0.05, 0) is 30.3 Å². The molecule has 0 spiro atoms. The fourth-order valence-corrected chi connectivity index (χ4v) is 3.55. The number of hydrogen-bond donors (Lipinski definition) is 1. The fraction of sp³-hybridized carbons (Fsp3) is 0.188. The number of nitrogens with zero attached hydrogens (tertiary/aromatic N) is 1. The number of ether oxygens (including phenoxy) is 1. The number of rotatable bonds is 3. The first-order chi connectivity index (χ1) is 11.3. The van der Waals surface area contributed by atoms with Crippen molar-refractivity contribution >= 4 is 38.9 Å². The molecular formula is C16H15ClN2O4S. The van der Waals surface area contributed by atoms with Crippen molar-refractivity contribution in [3.05, 3.63) is 53.6 Å². The summed E-state index contributed by atoms with van der Waals surface area (Å²) in [7, 11) is -3.53. The average Bonchev–Trinajstić information content (AvgIpc) is 2.53. The molecule has 0 saturated carbocycles. The SMILES string of the molecule is CS(=O)(=O)N1C[C@@H](C(=O)Nc2cccc(Cl)c2)Oc2ccccc21. The van der Waals surface area contributed by atoms with Gasteiger partial charge in [-0.1, -0.05) is 29.8 Å². The summed E-state index contributed by atoms with van der Waals surface area (Å²) >= 11 is 5.89. The predicted octanol–water partition coefficient (Wildman–Crippen LogP) is 2.51. The average molecular weight is 367 g/mol. The van der Waals surface area contributed by atoms with E-state index in [9.17, 15) is 13.2 Å². The fourth-order valence-electron chi connectivity index (χ4n) is 2.44. The summed E-state index contributed by atoms with van der Waals surface area (Å²) in [4.78, 5) is 12.5. The number of anilines is 2. The Morgan fingerprint density at radius 3 is 2.71 bits per heavy atom. The summed E-state index contributed by atoms with van der Waals surface area (Å²) in [5, 5.41) is 3.17. The monoisotopic (exact) mass is 366 g/mol. The minimum absolute atomic E-state index is 0.0950. The zero-order valence-electron chi connectivity index (χ0n) is 12.8. The van der Waals surface area contributed by atoms with E-state index in [0.29, 0.717) is 22.1 Å². The molecule has 6 nitrogen and oxygen atoms in total. The minimum atomic E-state index is -3.53. The number of amides is 1. The van der Waals surface area contributed by atoms with Crippen LogP contribution in [-0.4, -0.2) is 33.2 Å². The van der Waals surface area contributed by atoms with Gasteiger partial charge in [0, 0.05) is 10.7 Å². The number of benzene rings is 2. The molecule has 0 bridgehead atoms. The van der Waals surface area contributed by atoms with Gasteiger partial charge in [-0.25, -0.2) is 8.42 Å². The third-order valence-corrected chi connectivity index (χ3v) is 4.90. The highest BCUT2D eigenvalue weighted by atomic mass is 35.5. The van der Waals surface area contributed by atoms with Crippen LogP contribution in [-0.2, 0) is 14.8 Å². The van der Waals surface area contributed by atoms with E-state index in [1.54, 1.807) is 48.5 Å². The molecule has 24 heavy (non-hydrogen) atoms. The molecule has 3 rings (SSSR count). The van der Waals surface area contributed by atoms with E-state index in [-0.39, 0.29) is 6.54 Å². The van der Waals surface area contributed by atoms with E-state index in [4.69, 9.17) is 16.3 Å². The van der Waals surface area contributed by atoms with Crippen molar-refractivity contribution < 1.29 is 17.9 Å². The Bertz CT molecular complexity index is 885. The molecule has 0 aromatic heterocycles. The summed E-state index contributed by atoms with van der Waals surface area (Å²) in [6.45, 7) is -0.0950. The van der Waals surface area contributed by atoms with Crippen LogP contribution in [0.1, 0.15) is 0 Å². The molecule has 8 heteroatoms. The van der Waals surface area contributed by atoms with Gasteiger partial charge in [0.25, 0.3) is 5.91 Å². The van der Waals surface area contributed by atoms with Crippen LogP contribution in [0.5, 0.6) is 5.75 Å². The molecule has 1 amide bonds. The van der Waals surface area contributed by atoms with E-state index in [1.807, 2.05) is 0 Å². The van der Waals surface area contributed by atoms with Crippen LogP contribution in [0.3, 0.4) is 0 Å². The van der Waals surface area contributed by atoms with Gasteiger partial charge in [0.1, 0.15) is 5.75 Å². The predicted molar refractivity (Wildman–Crippen MR) is 93.1 cm³/mol. The Morgan fingerprint density at radius 1 is 1.25 bits per heavy atom. The number of carbonyl (C=O) groups excluding carboxylic acids is 1. The number of para-hydroxylation sites is 2. The lowest BCUT2D eigenvalue weighted by molar-refractivity contribution is -0.122. The second-order valence-electron chi connectivity index (χ2n) is 5.37. The number of nitrogens with one attached hydrogen (secondary N) is 1. The first-order valence-electron chi connectivity index (χ1n) is 7.14. The maximum atomic E-state index is 12.5. The largest absolute Gasteiger partial charge is 0.476 e. The first kappa shape index (κ1) is 16.6. The summed E-state index contributed by atoms with van der Waals surface area (Å²) in [5.41, 5.74) is 0.938. The molecule has 2 aromatic carbocycles. The molecule has 0 radical (unpaired) electrons. The summed E-state index contributed by atoms with van der Waals surface area (Å²) in [5.74, 6) is -0.0964. The molecule has 0 unspecified atom stereocenters. The molecule has 1 aliphatic rings. The Balaban J connectivity index is 1.86. The zero-order valence-corrected chi connectivity index (χ0v) is 14.3. The maximum absolute atomic E-state index is 12.5. The van der Waals surface area contributed by atoms with Crippen molar-refractivity contribution in [2.75, 3.05) is 22.4 Å². The Kier molecular flexibility index (Phi) is 4.38. The first-order valence-corrected chi connectivity index (χ1v) is 9.37. The topological polar surface area (TPSA) is 75.7 Å². The van der Waals surface area contributed by atoms with Gasteiger partial charge < -0.3 is 10.1 Å². The van der Waals surface area contributed by atoms with Gasteiger partial charge in [0.05, 0.1) is 18.5 Å². The summed E-state index contributed by atoms with van der Waals surface area (Å²) < 4.78 is 30.9. The zero-order chi connectivity index (χ0) is 17.3. The van der Waals surface area contributed by atoms with Gasteiger partial charge in [-0.2, -0.15) is 0 Å². The summed E-state index contributed by atoms with van der Waals surface area (Å²) in [6, 6.07) is 13.4. The Morgan fingerprint density at radius 2 is 2.00 bits per heavy atom. The minimum Gasteiger partial charge on any atom is -0.476 e. The number of hydrogen-bond acceptors (Lipinski definition) is 4. The number of halogens is 1. The van der Waals surface area contributed by atoms with Crippen LogP contribution in [0.4, 0.5) is 11.4 Å². The highest BCUT2D eigenvalue weighted by Crippen LogP contribution is 2.34. The molecule has 2 aromatic rings. The van der Waals surface area contributed by atoms with Crippen molar-refractivity contribution in [1.82, 2.24) is 0 Å². The lowest BCUT2D eigenvalue weighted by atomic mass is 10.2. The van der Waals surface area contributed by atoms with Gasteiger partial charge in [-0.15, -0.1) is 0 Å². The smallest absolute Gasteiger partial charge is 0.267 e. The van der Waals surface area contributed by atoms with E-state index in [1.165, 1.54) is 4.31 Å². The van der Waals surface area contributed by atoms with Crippen molar-refractivity contribution in [3.63, 3.8) is 0 Å². The van der Waals surface area contributed by atoms with Crippen molar-refractivity contribution in [2.24, 2.45) is 0 Å². The second kappa shape index (κ2) is 6.33. The molecule has 1 aliphatic heterocycles. The number of sulfonamides is 1. The van der Waals surface area contributed by atoms with E-state index in [0.717, 1.165) is 6.26 Å². The molecule has 1 atom stereocenters. The van der Waals surface area contributed by atoms with E-state index < -0.39 is 22.0 Å². The highest BCUT2D eigenvalue weighted by molar-refractivity contribution is 7.92. The quantitative estimate of drug-likeness (QED) is 0.905. The van der Waals surface area contributed by atoms with Crippen molar-refractivity contribution in [3.8, 4) is 5.75 Å². The molecule has 1 heterocycles. The molecular weight excluding hydrogens is 352 g/mol. The van der Waals surface area contributed by atoms with Crippen molar-refractivity contribution in [2.45, 2.75) is 6.10 Å². The van der Waals surface area contributed by atoms with Gasteiger partial charge in [0.15, 0.2) is 6.10 Å². The molecule has 0 aliphatic carbocycles. The van der Waals surface area contributed by atoms with Gasteiger partial charge in [0.2, 0.25) is 10.0 Å². The van der Waals surface area contributed by atoms with Crippen LogP contribution in [0.25, 0.3) is 0 Å². The molecule has 1 N–H and O–H groups in total. The molecule has 126 valence electrons. The van der Waals surface area contributed by atoms with E-state index >= 15 is 0 Å². The second-order valence-corrected chi connectivity index (χ2v) is 7.71. The standard InChI is InChI=1S/C16H15ClN2O4S/c1-24(21,22)19-10-15(23-14-8-3-2-7-13(14)19)16(20)18-12-6-4-5-11(17)9-12/h2-9,15H,10H2,1H3,(H,18,20)/t15-/m0/s1. The van der Waals surface area contributed by atoms with Crippen LogP contribution < -0.4 is 14.4 Å². The molecule has 0 saturated heterocycles. The lowest BCUT2D eigenvalue weighted by Crippen LogP contribution is -2.48. The highest BCUT2D eigenvalue weighted by Gasteiger charge is 2.34. The maximum Gasteiger partial charge on any atom is 0.267 e. The normalized spacial score (nSPS) is 16.9. The third kappa shape index (κ3) is 3.47. The van der Waals surface area contributed by atoms with Gasteiger partial charge >= 0.3 is 0 Å². The van der Waals surface area contributed by atoms with Crippen LogP contribution in [0, 0.1) is 0 Å². The van der Waals surface area contributed by atoms with E-state index in [2.05, 4.69) is 5.32 Å². The Hall–Kier alpha value is -2.25. The van der Waals surface area contributed by atoms with Gasteiger partial charge in [-0.3, -0.25) is 9.10 Å². The van der Waals surface area contributed by atoms with Crippen LogP contribution in [0.15, 0.2) is 48.5 Å².